The van der Waals surface area contributed by atoms with Gasteiger partial charge in [0.2, 0.25) is 0 Å². The highest BCUT2D eigenvalue weighted by molar-refractivity contribution is 6.42. The molecule has 0 aliphatic carbocycles. The topological polar surface area (TPSA) is 9.23 Å². The lowest BCUT2D eigenvalue weighted by atomic mass is 10.2. The van der Waals surface area contributed by atoms with Crippen molar-refractivity contribution in [1.29, 1.82) is 0 Å². The second-order valence-electron chi connectivity index (χ2n) is 3.93. The average Bonchev–Trinajstić information content (AvgIpc) is 2.40. The molecule has 0 radical (unpaired) electrons. The van der Waals surface area contributed by atoms with Crippen LogP contribution in [-0.4, -0.2) is 0 Å². The third-order valence-electron chi connectivity index (χ3n) is 2.51. The molecule has 0 unspecified atom stereocenters. The molecule has 0 saturated carbocycles. The molecule has 0 atom stereocenters. The number of alkyl halides is 1. The van der Waals surface area contributed by atoms with E-state index in [2.05, 4.69) is 0 Å². The van der Waals surface area contributed by atoms with Gasteiger partial charge in [0.25, 0.3) is 0 Å². The summed E-state index contributed by atoms with van der Waals surface area (Å²) in [6, 6.07) is 9.63. The second-order valence-corrected chi connectivity index (χ2v) is 4.98. The summed E-state index contributed by atoms with van der Waals surface area (Å²) in [5, 5.41) is 0.904. The van der Waals surface area contributed by atoms with Gasteiger partial charge in [0.15, 0.2) is 0 Å². The minimum absolute atomic E-state index is 0.213. The van der Waals surface area contributed by atoms with Crippen LogP contribution in [0.25, 0.3) is 0 Å². The molecule has 2 aromatic rings. The number of halogens is 4. The lowest BCUT2D eigenvalue weighted by Crippen LogP contribution is -1.97. The van der Waals surface area contributed by atoms with E-state index in [1.54, 1.807) is 24.3 Å². The molecule has 0 N–H and O–H groups in total. The molecule has 19 heavy (non-hydrogen) atoms. The molecular formula is C14H10Cl3FO. The summed E-state index contributed by atoms with van der Waals surface area (Å²) in [5.41, 5.74) is 1.40. The van der Waals surface area contributed by atoms with Gasteiger partial charge in [-0.25, -0.2) is 4.39 Å². The van der Waals surface area contributed by atoms with Crippen LogP contribution in [0.5, 0.6) is 5.75 Å². The Balaban J connectivity index is 2.14. The van der Waals surface area contributed by atoms with Crippen LogP contribution in [0.4, 0.5) is 4.39 Å². The predicted molar refractivity (Wildman–Crippen MR) is 76.8 cm³/mol. The molecule has 0 bridgehead atoms. The van der Waals surface area contributed by atoms with Gasteiger partial charge in [-0.15, -0.1) is 11.6 Å². The summed E-state index contributed by atoms with van der Waals surface area (Å²) >= 11 is 17.6. The van der Waals surface area contributed by atoms with Gasteiger partial charge in [-0.3, -0.25) is 0 Å². The van der Waals surface area contributed by atoms with Crippen molar-refractivity contribution >= 4 is 34.8 Å². The maximum absolute atomic E-state index is 13.3. The maximum atomic E-state index is 13.3. The fourth-order valence-corrected chi connectivity index (χ4v) is 2.13. The van der Waals surface area contributed by atoms with Crippen molar-refractivity contribution < 1.29 is 9.13 Å². The minimum Gasteiger partial charge on any atom is -0.489 e. The van der Waals surface area contributed by atoms with Gasteiger partial charge >= 0.3 is 0 Å². The van der Waals surface area contributed by atoms with Crippen LogP contribution in [-0.2, 0) is 12.5 Å². The lowest BCUT2D eigenvalue weighted by Gasteiger charge is -2.09. The molecule has 100 valence electrons. The van der Waals surface area contributed by atoms with Crippen molar-refractivity contribution in [3.8, 4) is 5.75 Å². The molecule has 0 aromatic heterocycles. The smallest absolute Gasteiger partial charge is 0.127 e. The van der Waals surface area contributed by atoms with Gasteiger partial charge in [-0.05, 0) is 23.8 Å². The number of hydrogen-bond donors (Lipinski definition) is 0. The Hall–Kier alpha value is -0.960. The SMILES string of the molecule is Fc1cc(CCl)cc(OCc2cccc(Cl)c2Cl)c1. The summed E-state index contributed by atoms with van der Waals surface area (Å²) < 4.78 is 18.8. The molecule has 0 amide bonds. The Labute approximate surface area is 125 Å². The molecule has 0 aliphatic heterocycles. The Kier molecular flexibility index (Phi) is 4.92. The molecule has 5 heteroatoms. The number of rotatable bonds is 4. The van der Waals surface area contributed by atoms with E-state index in [9.17, 15) is 4.39 Å². The largest absolute Gasteiger partial charge is 0.489 e. The zero-order chi connectivity index (χ0) is 13.8. The first-order chi connectivity index (χ1) is 9.10. The van der Waals surface area contributed by atoms with Gasteiger partial charge in [-0.1, -0.05) is 35.3 Å². The molecule has 0 saturated heterocycles. The summed E-state index contributed by atoms with van der Waals surface area (Å²) in [6.45, 7) is 0.213. The summed E-state index contributed by atoms with van der Waals surface area (Å²) in [5.74, 6) is 0.253. The van der Waals surface area contributed by atoms with E-state index in [1.165, 1.54) is 12.1 Å². The highest BCUT2D eigenvalue weighted by Crippen LogP contribution is 2.27. The third-order valence-corrected chi connectivity index (χ3v) is 3.68. The Morgan fingerprint density at radius 1 is 1.11 bits per heavy atom. The van der Waals surface area contributed by atoms with Crippen LogP contribution in [0.15, 0.2) is 36.4 Å². The molecule has 0 fully saturated rings. The monoisotopic (exact) mass is 318 g/mol. The molecule has 1 nitrogen and oxygen atoms in total. The van der Waals surface area contributed by atoms with Crippen LogP contribution in [0.3, 0.4) is 0 Å². The quantitative estimate of drug-likeness (QED) is 0.681. The van der Waals surface area contributed by atoms with Crippen molar-refractivity contribution in [2.45, 2.75) is 12.5 Å². The Bertz CT molecular complexity index is 587. The number of hydrogen-bond acceptors (Lipinski definition) is 1. The van der Waals surface area contributed by atoms with Crippen molar-refractivity contribution in [2.24, 2.45) is 0 Å². The van der Waals surface area contributed by atoms with Crippen LogP contribution >= 0.6 is 34.8 Å². The van der Waals surface area contributed by atoms with Crippen molar-refractivity contribution in [2.75, 3.05) is 0 Å². The molecule has 2 rings (SSSR count). The highest BCUT2D eigenvalue weighted by atomic mass is 35.5. The van der Waals surface area contributed by atoms with E-state index in [0.717, 1.165) is 5.56 Å². The Morgan fingerprint density at radius 2 is 1.89 bits per heavy atom. The molecular weight excluding hydrogens is 310 g/mol. The average molecular weight is 320 g/mol. The van der Waals surface area contributed by atoms with Gasteiger partial charge in [0, 0.05) is 17.5 Å². The first-order valence-electron chi connectivity index (χ1n) is 5.51. The maximum Gasteiger partial charge on any atom is 0.127 e. The zero-order valence-electron chi connectivity index (χ0n) is 9.80. The van der Waals surface area contributed by atoms with Crippen LogP contribution < -0.4 is 4.74 Å². The van der Waals surface area contributed by atoms with E-state index in [0.29, 0.717) is 21.4 Å². The van der Waals surface area contributed by atoms with Crippen molar-refractivity contribution in [1.82, 2.24) is 0 Å². The lowest BCUT2D eigenvalue weighted by molar-refractivity contribution is 0.304. The van der Waals surface area contributed by atoms with Crippen LogP contribution in [0, 0.1) is 5.82 Å². The van der Waals surface area contributed by atoms with E-state index < -0.39 is 0 Å². The fourth-order valence-electron chi connectivity index (χ4n) is 1.60. The second kappa shape index (κ2) is 6.47. The summed E-state index contributed by atoms with van der Waals surface area (Å²) in [6.07, 6.45) is 0. The summed E-state index contributed by atoms with van der Waals surface area (Å²) in [7, 11) is 0. The summed E-state index contributed by atoms with van der Waals surface area (Å²) in [4.78, 5) is 0. The van der Waals surface area contributed by atoms with Gasteiger partial charge in [-0.2, -0.15) is 0 Å². The van der Waals surface area contributed by atoms with Crippen LogP contribution in [0.1, 0.15) is 11.1 Å². The van der Waals surface area contributed by atoms with E-state index in [-0.39, 0.29) is 18.3 Å². The molecule has 0 spiro atoms. The van der Waals surface area contributed by atoms with Crippen molar-refractivity contribution in [3.05, 3.63) is 63.4 Å². The molecule has 2 aromatic carbocycles. The predicted octanol–water partition coefficient (Wildman–Crippen LogP) is 5.45. The van der Waals surface area contributed by atoms with Crippen molar-refractivity contribution in [3.63, 3.8) is 0 Å². The van der Waals surface area contributed by atoms with E-state index >= 15 is 0 Å². The fraction of sp³-hybridized carbons (Fsp3) is 0.143. The van der Waals surface area contributed by atoms with E-state index in [4.69, 9.17) is 39.5 Å². The van der Waals surface area contributed by atoms with Gasteiger partial charge in [0.05, 0.1) is 10.0 Å². The zero-order valence-corrected chi connectivity index (χ0v) is 12.1. The van der Waals surface area contributed by atoms with Gasteiger partial charge in [0.1, 0.15) is 18.2 Å². The third kappa shape index (κ3) is 3.75. The standard InChI is InChI=1S/C14H10Cl3FO/c15-7-9-4-11(18)6-12(5-9)19-8-10-2-1-3-13(16)14(10)17/h1-6H,7-8H2. The normalized spacial score (nSPS) is 10.5. The number of benzene rings is 2. The first kappa shape index (κ1) is 14.4. The first-order valence-corrected chi connectivity index (χ1v) is 6.80. The van der Waals surface area contributed by atoms with Crippen LogP contribution in [0.2, 0.25) is 10.0 Å². The number of ether oxygens (including phenoxy) is 1. The van der Waals surface area contributed by atoms with Gasteiger partial charge < -0.3 is 4.74 Å². The molecule has 0 aliphatic rings. The van der Waals surface area contributed by atoms with E-state index in [1.807, 2.05) is 0 Å². The Morgan fingerprint density at radius 3 is 2.63 bits per heavy atom. The minimum atomic E-state index is -0.384. The molecule has 0 heterocycles. The highest BCUT2D eigenvalue weighted by Gasteiger charge is 2.06.